The molecule has 1 N–H and O–H groups in total. The lowest BCUT2D eigenvalue weighted by Crippen LogP contribution is -2.33. The molecule has 0 saturated carbocycles. The van der Waals surface area contributed by atoms with Crippen LogP contribution < -0.4 is 4.74 Å². The number of nitrogens with zero attached hydrogens (tertiary/aromatic N) is 1. The summed E-state index contributed by atoms with van der Waals surface area (Å²) in [5.74, 6) is -0.288. The molecule has 1 heterocycles. The molecular formula is C31H35NO4. The molecule has 0 fully saturated rings. The summed E-state index contributed by atoms with van der Waals surface area (Å²) in [7, 11) is 0. The first-order valence-electron chi connectivity index (χ1n) is 12.5. The molecule has 36 heavy (non-hydrogen) atoms. The second-order valence-electron chi connectivity index (χ2n) is 11.0. The third-order valence-corrected chi connectivity index (χ3v) is 6.73. The van der Waals surface area contributed by atoms with E-state index in [9.17, 15) is 14.7 Å². The number of carbonyl (C=O) groups is 2. The first-order valence-corrected chi connectivity index (χ1v) is 12.5. The number of benzene rings is 3. The van der Waals surface area contributed by atoms with Gasteiger partial charge in [0.2, 0.25) is 0 Å². The maximum atomic E-state index is 13.4. The quantitative estimate of drug-likeness (QED) is 0.423. The highest BCUT2D eigenvalue weighted by atomic mass is 16.5. The van der Waals surface area contributed by atoms with Crippen molar-refractivity contribution >= 4 is 11.9 Å². The van der Waals surface area contributed by atoms with Gasteiger partial charge in [-0.3, -0.25) is 9.59 Å². The summed E-state index contributed by atoms with van der Waals surface area (Å²) < 4.78 is 6.36. The van der Waals surface area contributed by atoms with E-state index in [-0.39, 0.29) is 29.9 Å². The minimum atomic E-state index is -0.922. The number of carboxylic acids is 1. The minimum absolute atomic E-state index is 0.0985. The van der Waals surface area contributed by atoms with Crippen LogP contribution in [0.2, 0.25) is 0 Å². The fourth-order valence-electron chi connectivity index (χ4n) is 4.78. The smallest absolute Gasteiger partial charge is 0.305 e. The topological polar surface area (TPSA) is 66.8 Å². The summed E-state index contributed by atoms with van der Waals surface area (Å²) in [5.41, 5.74) is 4.77. The molecule has 0 saturated heterocycles. The first-order chi connectivity index (χ1) is 17.0. The van der Waals surface area contributed by atoms with Crippen molar-refractivity contribution in [2.45, 2.75) is 64.5 Å². The minimum Gasteiger partial charge on any atom is -0.487 e. The lowest BCUT2D eigenvalue weighted by Gasteiger charge is -2.25. The fraction of sp³-hybridized carbons (Fsp3) is 0.355. The van der Waals surface area contributed by atoms with Crippen LogP contribution >= 0.6 is 0 Å². The number of aliphatic carboxylic acids is 1. The predicted octanol–water partition coefficient (Wildman–Crippen LogP) is 6.04. The van der Waals surface area contributed by atoms with E-state index in [0.717, 1.165) is 23.3 Å². The van der Waals surface area contributed by atoms with Gasteiger partial charge in [-0.25, -0.2) is 0 Å². The third-order valence-electron chi connectivity index (χ3n) is 6.73. The van der Waals surface area contributed by atoms with Gasteiger partial charge in [-0.1, -0.05) is 75.4 Å². The van der Waals surface area contributed by atoms with E-state index < -0.39 is 5.97 Å². The SMILES string of the molecule is CC(C)(C)c1ccc(C[C@@]2(C)Cc3cc(C(=O)N(CCC(=O)O)Cc4ccccc4)ccc3O2)cc1. The summed E-state index contributed by atoms with van der Waals surface area (Å²) in [6.45, 7) is 9.26. The van der Waals surface area contributed by atoms with Gasteiger partial charge in [-0.15, -0.1) is 0 Å². The molecule has 5 heteroatoms. The Morgan fingerprint density at radius 1 is 0.972 bits per heavy atom. The second kappa shape index (κ2) is 10.2. The van der Waals surface area contributed by atoms with Crippen LogP contribution in [0.5, 0.6) is 5.75 Å². The molecule has 0 spiro atoms. The highest BCUT2D eigenvalue weighted by Gasteiger charge is 2.35. The Bertz CT molecular complexity index is 1230. The van der Waals surface area contributed by atoms with Crippen molar-refractivity contribution in [3.63, 3.8) is 0 Å². The zero-order chi connectivity index (χ0) is 25.9. The van der Waals surface area contributed by atoms with Gasteiger partial charge in [-0.05, 0) is 52.8 Å². The summed E-state index contributed by atoms with van der Waals surface area (Å²) in [4.78, 5) is 26.2. The van der Waals surface area contributed by atoms with Crippen molar-refractivity contribution in [2.24, 2.45) is 0 Å². The molecule has 0 aromatic heterocycles. The van der Waals surface area contributed by atoms with Gasteiger partial charge in [0.1, 0.15) is 11.4 Å². The van der Waals surface area contributed by atoms with Gasteiger partial charge in [0, 0.05) is 31.5 Å². The number of amides is 1. The highest BCUT2D eigenvalue weighted by Crippen LogP contribution is 2.38. The molecule has 1 aliphatic heterocycles. The van der Waals surface area contributed by atoms with Crippen LogP contribution in [-0.4, -0.2) is 34.0 Å². The fourth-order valence-corrected chi connectivity index (χ4v) is 4.78. The van der Waals surface area contributed by atoms with Crippen LogP contribution in [0.15, 0.2) is 72.8 Å². The maximum absolute atomic E-state index is 13.4. The van der Waals surface area contributed by atoms with E-state index in [0.29, 0.717) is 18.5 Å². The van der Waals surface area contributed by atoms with Crippen LogP contribution in [0.4, 0.5) is 0 Å². The van der Waals surface area contributed by atoms with E-state index in [1.54, 1.807) is 11.0 Å². The Kier molecular flexibility index (Phi) is 7.21. The van der Waals surface area contributed by atoms with E-state index in [1.807, 2.05) is 42.5 Å². The lowest BCUT2D eigenvalue weighted by atomic mass is 9.85. The van der Waals surface area contributed by atoms with Crippen LogP contribution in [0.3, 0.4) is 0 Å². The van der Waals surface area contributed by atoms with E-state index >= 15 is 0 Å². The Balaban J connectivity index is 1.49. The van der Waals surface area contributed by atoms with Crippen molar-refractivity contribution < 1.29 is 19.4 Å². The Morgan fingerprint density at radius 3 is 2.31 bits per heavy atom. The predicted molar refractivity (Wildman–Crippen MR) is 141 cm³/mol. The second-order valence-corrected chi connectivity index (χ2v) is 11.0. The molecule has 3 aromatic rings. The zero-order valence-corrected chi connectivity index (χ0v) is 21.6. The van der Waals surface area contributed by atoms with E-state index in [4.69, 9.17) is 4.74 Å². The van der Waals surface area contributed by atoms with Gasteiger partial charge in [0.25, 0.3) is 5.91 Å². The number of carbonyl (C=O) groups excluding carboxylic acids is 1. The standard InChI is InChI=1S/C31H35NO4/c1-30(2,3)26-13-10-22(11-14-26)19-31(4)20-25-18-24(12-15-27(25)36-31)29(35)32(17-16-28(33)34)21-23-8-6-5-7-9-23/h5-15,18H,16-17,19-21H2,1-4H3,(H,33,34)/t31-/m0/s1. The summed E-state index contributed by atoms with van der Waals surface area (Å²) in [6, 6.07) is 23.9. The molecule has 0 aliphatic carbocycles. The molecule has 1 aliphatic rings. The summed E-state index contributed by atoms with van der Waals surface area (Å²) in [6.07, 6.45) is 1.38. The molecule has 0 bridgehead atoms. The molecule has 0 radical (unpaired) electrons. The third kappa shape index (κ3) is 6.14. The summed E-state index contributed by atoms with van der Waals surface area (Å²) in [5, 5.41) is 9.19. The average molecular weight is 486 g/mol. The molecule has 4 rings (SSSR count). The van der Waals surface area contributed by atoms with Crippen LogP contribution in [0.25, 0.3) is 0 Å². The van der Waals surface area contributed by atoms with Gasteiger partial charge < -0.3 is 14.7 Å². The van der Waals surface area contributed by atoms with E-state index in [2.05, 4.69) is 52.0 Å². The summed E-state index contributed by atoms with van der Waals surface area (Å²) >= 11 is 0. The van der Waals surface area contributed by atoms with Gasteiger partial charge in [0.05, 0.1) is 6.42 Å². The largest absolute Gasteiger partial charge is 0.487 e. The van der Waals surface area contributed by atoms with Crippen molar-refractivity contribution in [3.8, 4) is 5.75 Å². The van der Waals surface area contributed by atoms with Gasteiger partial charge in [0.15, 0.2) is 0 Å². The monoisotopic (exact) mass is 485 g/mol. The molecule has 1 atom stereocenters. The highest BCUT2D eigenvalue weighted by molar-refractivity contribution is 5.95. The number of carboxylic acid groups (broad SMARTS) is 1. The van der Waals surface area contributed by atoms with Crippen LogP contribution in [0, 0.1) is 0 Å². The Morgan fingerprint density at radius 2 is 1.67 bits per heavy atom. The number of hydrogen-bond acceptors (Lipinski definition) is 3. The number of fused-ring (bicyclic) bond motifs is 1. The normalized spacial score (nSPS) is 16.8. The number of hydrogen-bond donors (Lipinski definition) is 1. The molecular weight excluding hydrogens is 450 g/mol. The van der Waals surface area contributed by atoms with E-state index in [1.165, 1.54) is 11.1 Å². The average Bonchev–Trinajstić information content (AvgIpc) is 3.16. The van der Waals surface area contributed by atoms with Crippen molar-refractivity contribution in [3.05, 3.63) is 101 Å². The van der Waals surface area contributed by atoms with Crippen molar-refractivity contribution in [1.82, 2.24) is 4.90 Å². The number of rotatable bonds is 8. The lowest BCUT2D eigenvalue weighted by molar-refractivity contribution is -0.137. The maximum Gasteiger partial charge on any atom is 0.305 e. The number of ether oxygens (including phenoxy) is 1. The van der Waals surface area contributed by atoms with Crippen LogP contribution in [-0.2, 0) is 29.6 Å². The molecule has 188 valence electrons. The first kappa shape index (κ1) is 25.5. The Labute approximate surface area is 213 Å². The van der Waals surface area contributed by atoms with Gasteiger partial charge in [-0.2, -0.15) is 0 Å². The Hall–Kier alpha value is -3.60. The zero-order valence-electron chi connectivity index (χ0n) is 21.6. The van der Waals surface area contributed by atoms with Gasteiger partial charge >= 0.3 is 5.97 Å². The molecule has 0 unspecified atom stereocenters. The van der Waals surface area contributed by atoms with Crippen molar-refractivity contribution in [2.75, 3.05) is 6.54 Å². The van der Waals surface area contributed by atoms with Crippen LogP contribution in [0.1, 0.15) is 66.7 Å². The molecule has 3 aromatic carbocycles. The molecule has 5 nitrogen and oxygen atoms in total. The molecule has 1 amide bonds. The van der Waals surface area contributed by atoms with Crippen molar-refractivity contribution in [1.29, 1.82) is 0 Å².